The lowest BCUT2D eigenvalue weighted by molar-refractivity contribution is -0.139. The van der Waals surface area contributed by atoms with Crippen LogP contribution in [0, 0.1) is 0 Å². The first kappa shape index (κ1) is 25.2. The fourth-order valence-corrected chi connectivity index (χ4v) is 2.83. The Bertz CT molecular complexity index is 736. The zero-order chi connectivity index (χ0) is 22.9. The molecule has 2 N–H and O–H groups in total. The van der Waals surface area contributed by atoms with E-state index in [0.717, 1.165) is 12.0 Å². The van der Waals surface area contributed by atoms with Crippen molar-refractivity contribution < 1.29 is 19.1 Å². The van der Waals surface area contributed by atoms with Gasteiger partial charge in [-0.05, 0) is 52.2 Å². The number of carbonyl (C=O) groups excluding carboxylic acids is 3. The molecule has 0 saturated carbocycles. The summed E-state index contributed by atoms with van der Waals surface area (Å²) in [7, 11) is 0. The van der Waals surface area contributed by atoms with E-state index in [1.54, 1.807) is 26.8 Å². The Morgan fingerprint density at radius 2 is 1.77 bits per heavy atom. The first-order chi connectivity index (χ1) is 14.0. The van der Waals surface area contributed by atoms with E-state index in [2.05, 4.69) is 17.2 Å². The number of hydrogen-bond acceptors (Lipinski definition) is 4. The molecule has 0 aliphatic rings. The molecule has 30 heavy (non-hydrogen) atoms. The molecule has 1 atom stereocenters. The molecular weight excluding hydrogens is 382 g/mol. The molecule has 1 rings (SSSR count). The molecule has 0 spiro atoms. The van der Waals surface area contributed by atoms with Crippen molar-refractivity contribution in [2.45, 2.75) is 65.6 Å². The zero-order valence-corrected chi connectivity index (χ0v) is 19.0. The van der Waals surface area contributed by atoms with E-state index >= 15 is 0 Å². The maximum atomic E-state index is 13.0. The number of alkyl carbamates (subject to hydrolysis) is 1. The minimum Gasteiger partial charge on any atom is -0.444 e. The van der Waals surface area contributed by atoms with Gasteiger partial charge in [0, 0.05) is 12.6 Å². The van der Waals surface area contributed by atoms with Crippen molar-refractivity contribution in [2.24, 2.45) is 0 Å². The summed E-state index contributed by atoms with van der Waals surface area (Å²) >= 11 is 0. The highest BCUT2D eigenvalue weighted by molar-refractivity contribution is 5.90. The number of aryl methyl sites for hydroxylation is 1. The van der Waals surface area contributed by atoms with Crippen LogP contribution in [0.1, 0.15) is 58.7 Å². The molecule has 0 heterocycles. The Labute approximate surface area is 179 Å². The highest BCUT2D eigenvalue weighted by Crippen LogP contribution is 2.23. The van der Waals surface area contributed by atoms with Gasteiger partial charge in [0.2, 0.25) is 11.8 Å². The van der Waals surface area contributed by atoms with Gasteiger partial charge in [-0.3, -0.25) is 9.59 Å². The normalized spacial score (nSPS) is 12.1. The SMILES string of the molecule is C=CCN(C(=O)CNC(=O)OC(C)(C)C)C(C(=O)NC(C)C)c1ccc(CC)cc1. The van der Waals surface area contributed by atoms with E-state index in [-0.39, 0.29) is 25.0 Å². The van der Waals surface area contributed by atoms with E-state index < -0.39 is 23.6 Å². The fraction of sp³-hybridized carbons (Fsp3) is 0.522. The van der Waals surface area contributed by atoms with Gasteiger partial charge < -0.3 is 20.3 Å². The van der Waals surface area contributed by atoms with Crippen molar-refractivity contribution in [3.8, 4) is 0 Å². The molecule has 0 aliphatic carbocycles. The average Bonchev–Trinajstić information content (AvgIpc) is 2.64. The van der Waals surface area contributed by atoms with E-state index in [4.69, 9.17) is 4.74 Å². The van der Waals surface area contributed by atoms with Crippen molar-refractivity contribution in [1.82, 2.24) is 15.5 Å². The van der Waals surface area contributed by atoms with Gasteiger partial charge in [0.05, 0.1) is 0 Å². The number of benzene rings is 1. The number of nitrogens with one attached hydrogen (secondary N) is 2. The smallest absolute Gasteiger partial charge is 0.408 e. The third kappa shape index (κ3) is 8.27. The minimum atomic E-state index is -0.843. The molecule has 0 radical (unpaired) electrons. The number of ether oxygens (including phenoxy) is 1. The summed E-state index contributed by atoms with van der Waals surface area (Å²) < 4.78 is 5.18. The molecule has 3 amide bonds. The van der Waals surface area contributed by atoms with Crippen molar-refractivity contribution in [3.05, 3.63) is 48.0 Å². The maximum absolute atomic E-state index is 13.0. The van der Waals surface area contributed by atoms with Gasteiger partial charge in [0.15, 0.2) is 0 Å². The summed E-state index contributed by atoms with van der Waals surface area (Å²) in [6, 6.07) is 6.67. The summed E-state index contributed by atoms with van der Waals surface area (Å²) in [6.07, 6.45) is 1.74. The monoisotopic (exact) mass is 417 g/mol. The van der Waals surface area contributed by atoms with Gasteiger partial charge in [-0.15, -0.1) is 6.58 Å². The molecule has 7 nitrogen and oxygen atoms in total. The molecular formula is C23H35N3O4. The first-order valence-electron chi connectivity index (χ1n) is 10.2. The first-order valence-corrected chi connectivity index (χ1v) is 10.2. The Balaban J connectivity index is 3.12. The molecule has 1 aromatic rings. The second kappa shape index (κ2) is 11.4. The van der Waals surface area contributed by atoms with Gasteiger partial charge >= 0.3 is 6.09 Å². The Morgan fingerprint density at radius 3 is 2.23 bits per heavy atom. The third-order valence-electron chi connectivity index (χ3n) is 4.12. The average molecular weight is 418 g/mol. The quantitative estimate of drug-likeness (QED) is 0.603. The van der Waals surface area contributed by atoms with Gasteiger partial charge in [0.1, 0.15) is 18.2 Å². The van der Waals surface area contributed by atoms with Gasteiger partial charge in [-0.1, -0.05) is 37.3 Å². The highest BCUT2D eigenvalue weighted by atomic mass is 16.6. The summed E-state index contributed by atoms with van der Waals surface area (Å²) in [5.74, 6) is -0.703. The van der Waals surface area contributed by atoms with Gasteiger partial charge in [-0.25, -0.2) is 4.79 Å². The lowest BCUT2D eigenvalue weighted by atomic mass is 10.0. The molecule has 0 fully saturated rings. The van der Waals surface area contributed by atoms with E-state index in [1.807, 2.05) is 45.0 Å². The van der Waals surface area contributed by atoms with Crippen LogP contribution >= 0.6 is 0 Å². The highest BCUT2D eigenvalue weighted by Gasteiger charge is 2.31. The van der Waals surface area contributed by atoms with Gasteiger partial charge in [-0.2, -0.15) is 0 Å². The zero-order valence-electron chi connectivity index (χ0n) is 19.0. The molecule has 0 aliphatic heterocycles. The standard InChI is InChI=1S/C23H35N3O4/c1-8-14-26(19(27)15-24-22(29)30-23(5,6)7)20(21(28)25-16(3)4)18-12-10-17(9-2)11-13-18/h8,10-13,16,20H,1,9,14-15H2,2-7H3,(H,24,29)(H,25,28). The number of nitrogens with zero attached hydrogens (tertiary/aromatic N) is 1. The third-order valence-corrected chi connectivity index (χ3v) is 4.12. The molecule has 0 aromatic heterocycles. The van der Waals surface area contributed by atoms with Crippen molar-refractivity contribution >= 4 is 17.9 Å². The van der Waals surface area contributed by atoms with Crippen LogP contribution in [0.15, 0.2) is 36.9 Å². The van der Waals surface area contributed by atoms with Crippen molar-refractivity contribution in [3.63, 3.8) is 0 Å². The number of hydrogen-bond donors (Lipinski definition) is 2. The molecule has 1 unspecified atom stereocenters. The summed E-state index contributed by atoms with van der Waals surface area (Å²) in [5, 5.41) is 5.34. The van der Waals surface area contributed by atoms with E-state index in [0.29, 0.717) is 5.56 Å². The summed E-state index contributed by atoms with van der Waals surface area (Å²) in [5.41, 5.74) is 1.15. The number of amides is 3. The van der Waals surface area contributed by atoms with Crippen LogP contribution in [0.25, 0.3) is 0 Å². The fourth-order valence-electron chi connectivity index (χ4n) is 2.83. The lowest BCUT2D eigenvalue weighted by Crippen LogP contribution is -2.48. The molecule has 0 saturated heterocycles. The van der Waals surface area contributed by atoms with Crippen LogP contribution in [0.5, 0.6) is 0 Å². The largest absolute Gasteiger partial charge is 0.444 e. The molecule has 166 valence electrons. The molecule has 7 heteroatoms. The predicted octanol–water partition coefficient (Wildman–Crippen LogP) is 3.35. The topological polar surface area (TPSA) is 87.7 Å². The van der Waals surface area contributed by atoms with Crippen LogP contribution in [-0.2, 0) is 20.7 Å². The lowest BCUT2D eigenvalue weighted by Gasteiger charge is -2.31. The van der Waals surface area contributed by atoms with E-state index in [9.17, 15) is 14.4 Å². The summed E-state index contributed by atoms with van der Waals surface area (Å²) in [4.78, 5) is 39.3. The van der Waals surface area contributed by atoms with E-state index in [1.165, 1.54) is 4.90 Å². The van der Waals surface area contributed by atoms with Crippen LogP contribution < -0.4 is 10.6 Å². The van der Waals surface area contributed by atoms with Crippen LogP contribution in [0.2, 0.25) is 0 Å². The van der Waals surface area contributed by atoms with Gasteiger partial charge in [0.25, 0.3) is 0 Å². The Morgan fingerprint density at radius 1 is 1.17 bits per heavy atom. The van der Waals surface area contributed by atoms with Crippen LogP contribution in [0.4, 0.5) is 4.79 Å². The van der Waals surface area contributed by atoms with Crippen molar-refractivity contribution in [2.75, 3.05) is 13.1 Å². The maximum Gasteiger partial charge on any atom is 0.408 e. The Kier molecular flexibility index (Phi) is 9.56. The number of carbonyl (C=O) groups is 3. The molecule has 1 aromatic carbocycles. The van der Waals surface area contributed by atoms with Crippen molar-refractivity contribution in [1.29, 1.82) is 0 Å². The molecule has 0 bridgehead atoms. The second-order valence-corrected chi connectivity index (χ2v) is 8.35. The minimum absolute atomic E-state index is 0.0875. The second-order valence-electron chi connectivity index (χ2n) is 8.35. The number of rotatable bonds is 9. The van der Waals surface area contributed by atoms with Crippen LogP contribution in [0.3, 0.4) is 0 Å². The summed E-state index contributed by atoms with van der Waals surface area (Å²) in [6.45, 7) is 14.6. The predicted molar refractivity (Wildman–Crippen MR) is 118 cm³/mol. The Hall–Kier alpha value is -2.83. The van der Waals surface area contributed by atoms with Crippen LogP contribution in [-0.4, -0.2) is 47.5 Å².